The lowest BCUT2D eigenvalue weighted by Gasteiger charge is -2.07. The van der Waals surface area contributed by atoms with Crippen molar-refractivity contribution < 1.29 is 23.2 Å². The first-order valence-electron chi connectivity index (χ1n) is 4.19. The summed E-state index contributed by atoms with van der Waals surface area (Å²) in [6.45, 7) is 0. The van der Waals surface area contributed by atoms with E-state index in [1.54, 1.807) is 0 Å². The second kappa shape index (κ2) is 4.68. The van der Waals surface area contributed by atoms with Crippen molar-refractivity contribution in [2.75, 3.05) is 12.8 Å². The summed E-state index contributed by atoms with van der Waals surface area (Å²) in [5.74, 6) is -1.83. The molecule has 2 N–H and O–H groups in total. The Morgan fingerprint density at radius 2 is 2.24 bits per heavy atom. The smallest absolute Gasteiger partial charge is 0.340 e. The molecule has 0 radical (unpaired) electrons. The van der Waals surface area contributed by atoms with Crippen molar-refractivity contribution in [2.45, 2.75) is 6.43 Å². The predicted molar refractivity (Wildman–Crippen MR) is 51.6 cm³/mol. The van der Waals surface area contributed by atoms with Crippen molar-refractivity contribution in [3.05, 3.63) is 27.4 Å². The Bertz CT molecular complexity index is 478. The number of nitrogen functional groups attached to an aromatic ring is 1. The Kier molecular flexibility index (Phi) is 3.51. The van der Waals surface area contributed by atoms with Gasteiger partial charge in [-0.3, -0.25) is 10.1 Å². The van der Waals surface area contributed by atoms with Crippen molar-refractivity contribution in [3.63, 3.8) is 0 Å². The van der Waals surface area contributed by atoms with Gasteiger partial charge >= 0.3 is 11.7 Å². The van der Waals surface area contributed by atoms with Gasteiger partial charge in [0.25, 0.3) is 6.43 Å². The van der Waals surface area contributed by atoms with Gasteiger partial charge in [-0.15, -0.1) is 0 Å². The lowest BCUT2D eigenvalue weighted by molar-refractivity contribution is -0.384. The van der Waals surface area contributed by atoms with E-state index in [4.69, 9.17) is 5.73 Å². The molecule has 1 heterocycles. The zero-order valence-electron chi connectivity index (χ0n) is 8.52. The highest BCUT2D eigenvalue weighted by Gasteiger charge is 2.26. The molecule has 0 aliphatic rings. The number of halogens is 2. The Balaban J connectivity index is 3.47. The number of rotatable bonds is 3. The van der Waals surface area contributed by atoms with E-state index >= 15 is 0 Å². The van der Waals surface area contributed by atoms with Gasteiger partial charge in [-0.05, 0) is 0 Å². The van der Waals surface area contributed by atoms with Gasteiger partial charge < -0.3 is 10.5 Å². The van der Waals surface area contributed by atoms with Gasteiger partial charge in [0.15, 0.2) is 0 Å². The second-order valence-corrected chi connectivity index (χ2v) is 2.87. The molecule has 7 nitrogen and oxygen atoms in total. The van der Waals surface area contributed by atoms with Gasteiger partial charge in [-0.25, -0.2) is 18.6 Å². The number of aromatic nitrogens is 1. The standard InChI is InChI=1S/C8H7F2N3O4/c1-17-8(14)3-2-4(13(15)16)7(11)12-5(3)6(9)10/h2,6H,1H3,(H2,11,12). The minimum Gasteiger partial charge on any atom is -0.465 e. The lowest BCUT2D eigenvalue weighted by atomic mass is 10.1. The molecule has 0 spiro atoms. The largest absolute Gasteiger partial charge is 0.465 e. The average Bonchev–Trinajstić information content (AvgIpc) is 2.26. The fraction of sp³-hybridized carbons (Fsp3) is 0.250. The quantitative estimate of drug-likeness (QED) is 0.489. The average molecular weight is 247 g/mol. The molecule has 0 atom stereocenters. The molecule has 17 heavy (non-hydrogen) atoms. The number of methoxy groups -OCH3 is 1. The summed E-state index contributed by atoms with van der Waals surface area (Å²) in [4.78, 5) is 23.9. The third kappa shape index (κ3) is 2.44. The van der Waals surface area contributed by atoms with E-state index in [9.17, 15) is 23.7 Å². The third-order valence-electron chi connectivity index (χ3n) is 1.87. The zero-order valence-corrected chi connectivity index (χ0v) is 8.52. The molecule has 1 aromatic rings. The van der Waals surface area contributed by atoms with Gasteiger partial charge in [0, 0.05) is 6.07 Å². The van der Waals surface area contributed by atoms with Gasteiger partial charge in [0.1, 0.15) is 5.69 Å². The fourth-order valence-corrected chi connectivity index (χ4v) is 1.12. The van der Waals surface area contributed by atoms with Gasteiger partial charge in [0.05, 0.1) is 17.6 Å². The van der Waals surface area contributed by atoms with Gasteiger partial charge in [-0.2, -0.15) is 0 Å². The number of nitrogens with zero attached hydrogens (tertiary/aromatic N) is 2. The number of pyridine rings is 1. The summed E-state index contributed by atoms with van der Waals surface area (Å²) in [6, 6.07) is 0.621. The van der Waals surface area contributed by atoms with Crippen LogP contribution in [0.2, 0.25) is 0 Å². The number of hydrogen-bond acceptors (Lipinski definition) is 6. The van der Waals surface area contributed by atoms with E-state index in [0.717, 1.165) is 7.11 Å². The summed E-state index contributed by atoms with van der Waals surface area (Å²) in [5.41, 5.74) is 2.78. The molecule has 0 aliphatic carbocycles. The summed E-state index contributed by atoms with van der Waals surface area (Å²) >= 11 is 0. The molecule has 1 rings (SSSR count). The number of carbonyl (C=O) groups excluding carboxylic acids is 1. The van der Waals surface area contributed by atoms with Crippen LogP contribution >= 0.6 is 0 Å². The Morgan fingerprint density at radius 3 is 2.65 bits per heavy atom. The molecule has 9 heteroatoms. The normalized spacial score (nSPS) is 10.4. The first-order chi connectivity index (χ1) is 7.88. The Morgan fingerprint density at radius 1 is 1.65 bits per heavy atom. The molecule has 0 fully saturated rings. The monoisotopic (exact) mass is 247 g/mol. The first kappa shape index (κ1) is 12.7. The van der Waals surface area contributed by atoms with Crippen molar-refractivity contribution in [1.29, 1.82) is 0 Å². The Hall–Kier alpha value is -2.32. The number of carbonyl (C=O) groups is 1. The predicted octanol–water partition coefficient (Wildman–Crippen LogP) is 1.30. The zero-order chi connectivity index (χ0) is 13.2. The maximum absolute atomic E-state index is 12.5. The summed E-state index contributed by atoms with van der Waals surface area (Å²) in [5, 5.41) is 10.5. The van der Waals surface area contributed by atoms with Crippen LogP contribution in [0.3, 0.4) is 0 Å². The van der Waals surface area contributed by atoms with Crippen LogP contribution in [0.25, 0.3) is 0 Å². The number of hydrogen-bond donors (Lipinski definition) is 1. The minimum atomic E-state index is -3.09. The highest BCUT2D eigenvalue weighted by Crippen LogP contribution is 2.28. The topological polar surface area (TPSA) is 108 Å². The molecule has 1 aromatic heterocycles. The van der Waals surface area contributed by atoms with E-state index in [1.165, 1.54) is 0 Å². The van der Waals surface area contributed by atoms with Crippen molar-refractivity contribution in [1.82, 2.24) is 4.98 Å². The highest BCUT2D eigenvalue weighted by atomic mass is 19.3. The summed E-state index contributed by atoms with van der Waals surface area (Å²) < 4.78 is 29.3. The number of nitrogens with two attached hydrogens (primary N) is 1. The van der Waals surface area contributed by atoms with Crippen molar-refractivity contribution in [2.24, 2.45) is 0 Å². The van der Waals surface area contributed by atoms with Crippen LogP contribution < -0.4 is 5.73 Å². The summed E-state index contributed by atoms with van der Waals surface area (Å²) in [7, 11) is 0.958. The molecular formula is C8H7F2N3O4. The fourth-order valence-electron chi connectivity index (χ4n) is 1.12. The molecule has 0 saturated carbocycles. The molecular weight excluding hydrogens is 240 g/mol. The molecule has 0 amide bonds. The number of nitro groups is 1. The van der Waals surface area contributed by atoms with Crippen molar-refractivity contribution in [3.8, 4) is 0 Å². The first-order valence-corrected chi connectivity index (χ1v) is 4.19. The highest BCUT2D eigenvalue weighted by molar-refractivity contribution is 5.92. The lowest BCUT2D eigenvalue weighted by Crippen LogP contribution is -2.11. The molecule has 0 saturated heterocycles. The van der Waals surface area contributed by atoms with Crippen LogP contribution in [-0.2, 0) is 4.74 Å². The SMILES string of the molecule is COC(=O)c1cc([N+](=O)[O-])c(N)nc1C(F)F. The molecule has 0 aliphatic heterocycles. The van der Waals surface area contributed by atoms with Gasteiger partial charge in [0.2, 0.25) is 5.82 Å². The van der Waals surface area contributed by atoms with E-state index < -0.39 is 40.1 Å². The van der Waals surface area contributed by atoms with Crippen LogP contribution in [0.15, 0.2) is 6.07 Å². The van der Waals surface area contributed by atoms with E-state index in [-0.39, 0.29) is 0 Å². The number of ether oxygens (including phenoxy) is 1. The van der Waals surface area contributed by atoms with Crippen LogP contribution in [0.4, 0.5) is 20.3 Å². The van der Waals surface area contributed by atoms with Crippen LogP contribution in [0, 0.1) is 10.1 Å². The van der Waals surface area contributed by atoms with Crippen LogP contribution in [-0.4, -0.2) is 23.0 Å². The Labute approximate surface area is 93.3 Å². The minimum absolute atomic E-state index is 0.621. The van der Waals surface area contributed by atoms with Crippen molar-refractivity contribution >= 4 is 17.5 Å². The second-order valence-electron chi connectivity index (χ2n) is 2.87. The maximum Gasteiger partial charge on any atom is 0.340 e. The van der Waals surface area contributed by atoms with E-state index in [0.29, 0.717) is 6.07 Å². The van der Waals surface area contributed by atoms with Gasteiger partial charge in [-0.1, -0.05) is 0 Å². The molecule has 0 unspecified atom stereocenters. The summed E-state index contributed by atoms with van der Waals surface area (Å²) in [6.07, 6.45) is -3.09. The third-order valence-corrected chi connectivity index (χ3v) is 1.87. The number of anilines is 1. The van der Waals surface area contributed by atoms with E-state index in [2.05, 4.69) is 9.72 Å². The number of alkyl halides is 2. The van der Waals surface area contributed by atoms with Crippen LogP contribution in [0.1, 0.15) is 22.5 Å². The molecule has 0 bridgehead atoms. The number of esters is 1. The maximum atomic E-state index is 12.5. The van der Waals surface area contributed by atoms with Crippen LogP contribution in [0.5, 0.6) is 0 Å². The molecule has 0 aromatic carbocycles. The molecule has 92 valence electrons. The van der Waals surface area contributed by atoms with E-state index in [1.807, 2.05) is 0 Å².